The Bertz CT molecular complexity index is 562. The van der Waals surface area contributed by atoms with E-state index >= 15 is 0 Å². The van der Waals surface area contributed by atoms with Gasteiger partial charge in [-0.2, -0.15) is 0 Å². The average Bonchev–Trinajstić information content (AvgIpc) is 2.32. The number of anilines is 1. The summed E-state index contributed by atoms with van der Waals surface area (Å²) in [5.74, 6) is -0.191. The summed E-state index contributed by atoms with van der Waals surface area (Å²) in [6.07, 6.45) is 0.792. The van der Waals surface area contributed by atoms with E-state index in [1.54, 1.807) is 18.3 Å². The molecule has 94 valence electrons. The Morgan fingerprint density at radius 2 is 2.17 bits per heavy atom. The van der Waals surface area contributed by atoms with Crippen molar-refractivity contribution in [3.63, 3.8) is 0 Å². The zero-order valence-corrected chi connectivity index (χ0v) is 10.2. The van der Waals surface area contributed by atoms with Crippen LogP contribution in [0.2, 0.25) is 5.02 Å². The number of nitrogens with two attached hydrogens (primary N) is 1. The van der Waals surface area contributed by atoms with Gasteiger partial charge in [0.15, 0.2) is 0 Å². The molecule has 1 aromatic carbocycles. The monoisotopic (exact) mass is 266 g/mol. The molecular weight excluding hydrogens is 255 g/mol. The maximum atomic E-state index is 13.6. The van der Waals surface area contributed by atoms with Crippen molar-refractivity contribution in [2.75, 3.05) is 5.73 Å². The van der Waals surface area contributed by atoms with E-state index in [0.29, 0.717) is 16.4 Å². The molecule has 2 aromatic rings. The lowest BCUT2D eigenvalue weighted by Gasteiger charge is -2.13. The van der Waals surface area contributed by atoms with Crippen LogP contribution in [-0.2, 0) is 6.42 Å². The predicted octanol–water partition coefficient (Wildman–Crippen LogP) is 2.73. The number of pyridine rings is 1. The molecule has 3 N–H and O–H groups in total. The van der Waals surface area contributed by atoms with E-state index in [1.807, 2.05) is 0 Å². The molecule has 0 saturated heterocycles. The number of nitrogen functional groups attached to an aromatic ring is 1. The van der Waals surface area contributed by atoms with Gasteiger partial charge in [-0.3, -0.25) is 0 Å². The highest BCUT2D eigenvalue weighted by Gasteiger charge is 2.15. The molecule has 0 spiro atoms. The molecule has 1 atom stereocenters. The van der Waals surface area contributed by atoms with E-state index in [-0.39, 0.29) is 12.0 Å². The Morgan fingerprint density at radius 3 is 2.83 bits per heavy atom. The lowest BCUT2D eigenvalue weighted by Crippen LogP contribution is -2.07. The van der Waals surface area contributed by atoms with Crippen molar-refractivity contribution in [3.05, 3.63) is 58.5 Å². The molecule has 0 amide bonds. The number of halogens is 2. The van der Waals surface area contributed by atoms with Crippen LogP contribution in [0, 0.1) is 5.82 Å². The van der Waals surface area contributed by atoms with Crippen molar-refractivity contribution in [2.24, 2.45) is 0 Å². The first-order valence-corrected chi connectivity index (χ1v) is 5.78. The quantitative estimate of drug-likeness (QED) is 0.898. The summed E-state index contributed by atoms with van der Waals surface area (Å²) >= 11 is 5.66. The second-order valence-electron chi connectivity index (χ2n) is 3.93. The van der Waals surface area contributed by atoms with E-state index in [0.717, 1.165) is 0 Å². The van der Waals surface area contributed by atoms with Gasteiger partial charge in [-0.1, -0.05) is 23.7 Å². The van der Waals surface area contributed by atoms with Crippen LogP contribution in [0.5, 0.6) is 0 Å². The third-order valence-electron chi connectivity index (χ3n) is 2.66. The number of rotatable bonds is 3. The van der Waals surface area contributed by atoms with E-state index in [2.05, 4.69) is 4.98 Å². The molecule has 1 heterocycles. The standard InChI is InChI=1S/C13H12ClFN2O/c14-9-3-4-10(11(15)7-9)12(18)6-8-2-1-5-17-13(8)16/h1-5,7,12,18H,6H2,(H2,16,17). The van der Waals surface area contributed by atoms with Gasteiger partial charge in [0.2, 0.25) is 0 Å². The Morgan fingerprint density at radius 1 is 1.39 bits per heavy atom. The van der Waals surface area contributed by atoms with Crippen LogP contribution < -0.4 is 5.73 Å². The van der Waals surface area contributed by atoms with E-state index in [1.165, 1.54) is 18.2 Å². The van der Waals surface area contributed by atoms with Crippen LogP contribution in [0.3, 0.4) is 0 Å². The summed E-state index contributed by atoms with van der Waals surface area (Å²) < 4.78 is 13.6. The van der Waals surface area contributed by atoms with Crippen LogP contribution in [0.25, 0.3) is 0 Å². The zero-order chi connectivity index (χ0) is 13.1. The summed E-state index contributed by atoms with van der Waals surface area (Å²) in [5.41, 5.74) is 6.55. The van der Waals surface area contributed by atoms with E-state index in [9.17, 15) is 9.50 Å². The number of nitrogens with zero attached hydrogens (tertiary/aromatic N) is 1. The SMILES string of the molecule is Nc1ncccc1CC(O)c1ccc(Cl)cc1F. The predicted molar refractivity (Wildman–Crippen MR) is 68.7 cm³/mol. The summed E-state index contributed by atoms with van der Waals surface area (Å²) in [7, 11) is 0. The van der Waals surface area contributed by atoms with Crippen molar-refractivity contribution >= 4 is 17.4 Å². The average molecular weight is 267 g/mol. The minimum atomic E-state index is -0.978. The maximum absolute atomic E-state index is 13.6. The van der Waals surface area contributed by atoms with Crippen molar-refractivity contribution in [1.29, 1.82) is 0 Å². The molecule has 0 radical (unpaired) electrons. The number of aliphatic hydroxyl groups is 1. The maximum Gasteiger partial charge on any atom is 0.130 e. The third-order valence-corrected chi connectivity index (χ3v) is 2.90. The van der Waals surface area contributed by atoms with Gasteiger partial charge < -0.3 is 10.8 Å². The fraction of sp³-hybridized carbons (Fsp3) is 0.154. The van der Waals surface area contributed by atoms with Gasteiger partial charge >= 0.3 is 0 Å². The Hall–Kier alpha value is -1.65. The van der Waals surface area contributed by atoms with Crippen molar-refractivity contribution in [1.82, 2.24) is 4.98 Å². The number of aliphatic hydroxyl groups excluding tert-OH is 1. The van der Waals surface area contributed by atoms with Crippen LogP contribution in [0.4, 0.5) is 10.2 Å². The molecule has 1 aromatic heterocycles. The van der Waals surface area contributed by atoms with Crippen LogP contribution in [0.15, 0.2) is 36.5 Å². The Balaban J connectivity index is 2.22. The molecule has 0 bridgehead atoms. The molecule has 0 fully saturated rings. The highest BCUT2D eigenvalue weighted by atomic mass is 35.5. The van der Waals surface area contributed by atoms with Gasteiger partial charge in [0.05, 0.1) is 6.10 Å². The summed E-state index contributed by atoms with van der Waals surface area (Å²) in [6.45, 7) is 0. The highest BCUT2D eigenvalue weighted by molar-refractivity contribution is 6.30. The summed E-state index contributed by atoms with van der Waals surface area (Å²) in [4.78, 5) is 3.91. The molecule has 0 aliphatic rings. The largest absolute Gasteiger partial charge is 0.388 e. The second kappa shape index (κ2) is 5.33. The summed E-state index contributed by atoms with van der Waals surface area (Å²) in [5, 5.41) is 10.3. The molecule has 1 unspecified atom stereocenters. The summed E-state index contributed by atoms with van der Waals surface area (Å²) in [6, 6.07) is 7.65. The molecule has 3 nitrogen and oxygen atoms in total. The smallest absolute Gasteiger partial charge is 0.130 e. The molecule has 18 heavy (non-hydrogen) atoms. The van der Waals surface area contributed by atoms with Crippen molar-refractivity contribution in [2.45, 2.75) is 12.5 Å². The molecule has 0 aliphatic heterocycles. The number of aromatic nitrogens is 1. The second-order valence-corrected chi connectivity index (χ2v) is 4.37. The number of hydrogen-bond acceptors (Lipinski definition) is 3. The van der Waals surface area contributed by atoms with Gasteiger partial charge in [0, 0.05) is 23.2 Å². The third kappa shape index (κ3) is 2.78. The zero-order valence-electron chi connectivity index (χ0n) is 9.48. The topological polar surface area (TPSA) is 59.1 Å². The first kappa shape index (κ1) is 12.8. The fourth-order valence-corrected chi connectivity index (χ4v) is 1.87. The normalized spacial score (nSPS) is 12.4. The minimum absolute atomic E-state index is 0.197. The van der Waals surface area contributed by atoms with Gasteiger partial charge in [-0.15, -0.1) is 0 Å². The van der Waals surface area contributed by atoms with Gasteiger partial charge in [0.1, 0.15) is 11.6 Å². The van der Waals surface area contributed by atoms with Crippen LogP contribution in [-0.4, -0.2) is 10.1 Å². The first-order valence-electron chi connectivity index (χ1n) is 5.40. The minimum Gasteiger partial charge on any atom is -0.388 e. The van der Waals surface area contributed by atoms with Gasteiger partial charge in [-0.25, -0.2) is 9.37 Å². The van der Waals surface area contributed by atoms with Gasteiger partial charge in [0.25, 0.3) is 0 Å². The first-order chi connectivity index (χ1) is 8.58. The Kier molecular flexibility index (Phi) is 3.79. The van der Waals surface area contributed by atoms with Gasteiger partial charge in [-0.05, 0) is 23.8 Å². The number of benzene rings is 1. The molecule has 0 aliphatic carbocycles. The van der Waals surface area contributed by atoms with Crippen LogP contribution >= 0.6 is 11.6 Å². The van der Waals surface area contributed by atoms with Crippen molar-refractivity contribution < 1.29 is 9.50 Å². The lowest BCUT2D eigenvalue weighted by molar-refractivity contribution is 0.173. The number of hydrogen-bond donors (Lipinski definition) is 2. The molecule has 2 rings (SSSR count). The van der Waals surface area contributed by atoms with Crippen molar-refractivity contribution in [3.8, 4) is 0 Å². The van der Waals surface area contributed by atoms with E-state index < -0.39 is 11.9 Å². The van der Waals surface area contributed by atoms with E-state index in [4.69, 9.17) is 17.3 Å². The molecule has 5 heteroatoms. The fourth-order valence-electron chi connectivity index (χ4n) is 1.71. The van der Waals surface area contributed by atoms with Crippen LogP contribution in [0.1, 0.15) is 17.2 Å². The highest BCUT2D eigenvalue weighted by Crippen LogP contribution is 2.24. The lowest BCUT2D eigenvalue weighted by atomic mass is 10.0. The molecular formula is C13H12ClFN2O. The Labute approximate surface area is 109 Å². The molecule has 0 saturated carbocycles.